The molecule has 0 saturated heterocycles. The minimum Gasteiger partial charge on any atom is -0.394 e. The van der Waals surface area contributed by atoms with Gasteiger partial charge in [-0.25, -0.2) is 0 Å². The number of nitrogens with zero attached hydrogens (tertiary/aromatic N) is 3. The van der Waals surface area contributed by atoms with Crippen molar-refractivity contribution in [1.82, 2.24) is 14.3 Å². The molecule has 1 saturated carbocycles. The van der Waals surface area contributed by atoms with Gasteiger partial charge in [0.1, 0.15) is 0 Å². The Morgan fingerprint density at radius 3 is 2.80 bits per heavy atom. The maximum atomic E-state index is 11.5. The van der Waals surface area contributed by atoms with Gasteiger partial charge in [0.05, 0.1) is 28.4 Å². The lowest BCUT2D eigenvalue weighted by Gasteiger charge is -2.09. The molecule has 5 nitrogen and oxygen atoms in total. The molecular weight excluding hydrogens is 320 g/mol. The second kappa shape index (κ2) is 5.44. The molecule has 2 aromatic heterocycles. The second-order valence-electron chi connectivity index (χ2n) is 5.29. The molecule has 2 heterocycles. The van der Waals surface area contributed by atoms with Crippen LogP contribution in [0.5, 0.6) is 0 Å². The summed E-state index contributed by atoms with van der Waals surface area (Å²) in [4.78, 5) is 11.5. The van der Waals surface area contributed by atoms with E-state index in [9.17, 15) is 4.79 Å². The van der Waals surface area contributed by atoms with Crippen LogP contribution in [-0.2, 0) is 6.54 Å². The first kappa shape index (κ1) is 13.4. The molecule has 1 aliphatic carbocycles. The lowest BCUT2D eigenvalue weighted by Crippen LogP contribution is -2.14. The van der Waals surface area contributed by atoms with Crippen LogP contribution >= 0.6 is 15.9 Å². The number of rotatable bonds is 3. The minimum absolute atomic E-state index is 0.169. The van der Waals surface area contributed by atoms with E-state index in [0.29, 0.717) is 17.1 Å². The molecule has 1 fully saturated rings. The fourth-order valence-corrected chi connectivity index (χ4v) is 3.22. The number of hydrogen-bond acceptors (Lipinski definition) is 3. The number of pyridine rings is 1. The van der Waals surface area contributed by atoms with Crippen molar-refractivity contribution in [2.75, 3.05) is 5.73 Å². The lowest BCUT2D eigenvalue weighted by atomic mass is 10.3. The fraction of sp³-hybridized carbons (Fsp3) is 0.429. The number of aromatic nitrogens is 3. The largest absolute Gasteiger partial charge is 0.394 e. The van der Waals surface area contributed by atoms with Crippen molar-refractivity contribution in [3.05, 3.63) is 45.0 Å². The first-order chi connectivity index (χ1) is 9.63. The predicted molar refractivity (Wildman–Crippen MR) is 81.6 cm³/mol. The topological polar surface area (TPSA) is 65.8 Å². The summed E-state index contributed by atoms with van der Waals surface area (Å²) in [6.07, 6.45) is 10.5. The first-order valence-electron chi connectivity index (χ1n) is 6.82. The average Bonchev–Trinajstić information content (AvgIpc) is 3.05. The highest BCUT2D eigenvalue weighted by Crippen LogP contribution is 2.28. The number of anilines is 1. The third-order valence-corrected chi connectivity index (χ3v) is 4.34. The summed E-state index contributed by atoms with van der Waals surface area (Å²) in [6.45, 7) is 0.614. The van der Waals surface area contributed by atoms with E-state index < -0.39 is 0 Å². The van der Waals surface area contributed by atoms with Gasteiger partial charge >= 0.3 is 0 Å². The number of halogens is 1. The minimum atomic E-state index is -0.169. The van der Waals surface area contributed by atoms with Crippen LogP contribution in [0.2, 0.25) is 0 Å². The van der Waals surface area contributed by atoms with Crippen molar-refractivity contribution in [2.24, 2.45) is 0 Å². The van der Waals surface area contributed by atoms with Crippen LogP contribution in [0.3, 0.4) is 0 Å². The Balaban J connectivity index is 1.79. The van der Waals surface area contributed by atoms with Gasteiger partial charge in [-0.15, -0.1) is 0 Å². The monoisotopic (exact) mass is 336 g/mol. The summed E-state index contributed by atoms with van der Waals surface area (Å²) >= 11 is 3.23. The molecule has 0 amide bonds. The van der Waals surface area contributed by atoms with E-state index in [0.717, 1.165) is 5.69 Å². The quantitative estimate of drug-likeness (QED) is 0.936. The number of nitrogens with two attached hydrogens (primary N) is 1. The normalized spacial score (nSPS) is 15.8. The Morgan fingerprint density at radius 1 is 1.35 bits per heavy atom. The molecule has 0 unspecified atom stereocenters. The molecular formula is C14H17BrN4O. The molecule has 106 valence electrons. The van der Waals surface area contributed by atoms with Crippen LogP contribution in [0.25, 0.3) is 0 Å². The molecule has 1 aliphatic rings. The Kier molecular flexibility index (Phi) is 3.65. The first-order valence-corrected chi connectivity index (χ1v) is 7.62. The van der Waals surface area contributed by atoms with E-state index in [1.54, 1.807) is 12.4 Å². The van der Waals surface area contributed by atoms with Crippen molar-refractivity contribution < 1.29 is 0 Å². The fourth-order valence-electron chi connectivity index (χ4n) is 2.73. The van der Waals surface area contributed by atoms with Gasteiger partial charge in [-0.3, -0.25) is 9.48 Å². The zero-order chi connectivity index (χ0) is 14.1. The molecule has 3 rings (SSSR count). The van der Waals surface area contributed by atoms with Crippen molar-refractivity contribution in [3.8, 4) is 0 Å². The van der Waals surface area contributed by atoms with E-state index in [4.69, 9.17) is 5.73 Å². The Hall–Kier alpha value is -1.56. The van der Waals surface area contributed by atoms with E-state index in [1.807, 2.05) is 16.8 Å². The SMILES string of the molecule is Nc1cn(Cc2ccn(C3CCCC3)n2)cc(Br)c1=O. The highest BCUT2D eigenvalue weighted by atomic mass is 79.9. The molecule has 20 heavy (non-hydrogen) atoms. The summed E-state index contributed by atoms with van der Waals surface area (Å²) in [5, 5.41) is 4.63. The average molecular weight is 337 g/mol. The van der Waals surface area contributed by atoms with Crippen LogP contribution in [0.15, 0.2) is 33.9 Å². The van der Waals surface area contributed by atoms with Crippen molar-refractivity contribution in [2.45, 2.75) is 38.3 Å². The van der Waals surface area contributed by atoms with Crippen molar-refractivity contribution in [1.29, 1.82) is 0 Å². The standard InChI is InChI=1S/C14H17BrN4O/c15-12-8-18(9-13(16)14(12)20)7-10-5-6-19(17-10)11-3-1-2-4-11/h5-6,8-9,11H,1-4,7,16H2. The Morgan fingerprint density at radius 2 is 2.10 bits per heavy atom. The summed E-state index contributed by atoms with van der Waals surface area (Å²) in [5.74, 6) is 0. The van der Waals surface area contributed by atoms with Crippen LogP contribution < -0.4 is 11.2 Å². The van der Waals surface area contributed by atoms with Gasteiger partial charge in [0.15, 0.2) is 0 Å². The van der Waals surface area contributed by atoms with Gasteiger partial charge in [0, 0.05) is 18.6 Å². The maximum absolute atomic E-state index is 11.5. The second-order valence-corrected chi connectivity index (χ2v) is 6.14. The lowest BCUT2D eigenvalue weighted by molar-refractivity contribution is 0.461. The van der Waals surface area contributed by atoms with Crippen LogP contribution in [0, 0.1) is 0 Å². The summed E-state index contributed by atoms with van der Waals surface area (Å²) in [5.41, 5.74) is 6.75. The van der Waals surface area contributed by atoms with Crippen molar-refractivity contribution >= 4 is 21.6 Å². The highest BCUT2D eigenvalue weighted by Gasteiger charge is 2.17. The molecule has 0 aromatic carbocycles. The molecule has 6 heteroatoms. The maximum Gasteiger partial charge on any atom is 0.218 e. The van der Waals surface area contributed by atoms with Gasteiger partial charge in [0.2, 0.25) is 5.43 Å². The highest BCUT2D eigenvalue weighted by molar-refractivity contribution is 9.10. The van der Waals surface area contributed by atoms with Gasteiger partial charge in [-0.05, 0) is 34.8 Å². The zero-order valence-corrected chi connectivity index (χ0v) is 12.7. The number of hydrogen-bond donors (Lipinski definition) is 1. The molecule has 2 N–H and O–H groups in total. The van der Waals surface area contributed by atoms with E-state index in [2.05, 4.69) is 25.7 Å². The summed E-state index contributed by atoms with van der Waals surface area (Å²) < 4.78 is 4.43. The summed E-state index contributed by atoms with van der Waals surface area (Å²) in [7, 11) is 0. The third-order valence-electron chi connectivity index (χ3n) is 3.77. The molecule has 0 spiro atoms. The van der Waals surface area contributed by atoms with Gasteiger partial charge in [0.25, 0.3) is 0 Å². The summed E-state index contributed by atoms with van der Waals surface area (Å²) in [6, 6.07) is 2.58. The van der Waals surface area contributed by atoms with Crippen LogP contribution in [0.1, 0.15) is 37.4 Å². The van der Waals surface area contributed by atoms with Crippen LogP contribution in [0.4, 0.5) is 5.69 Å². The predicted octanol–water partition coefficient (Wildman–Crippen LogP) is 2.55. The third kappa shape index (κ3) is 2.65. The van der Waals surface area contributed by atoms with E-state index >= 15 is 0 Å². The van der Waals surface area contributed by atoms with Crippen LogP contribution in [-0.4, -0.2) is 14.3 Å². The molecule has 2 aromatic rings. The van der Waals surface area contributed by atoms with E-state index in [1.165, 1.54) is 25.7 Å². The van der Waals surface area contributed by atoms with Gasteiger partial charge in [-0.2, -0.15) is 5.10 Å². The smallest absolute Gasteiger partial charge is 0.218 e. The van der Waals surface area contributed by atoms with Gasteiger partial charge in [-0.1, -0.05) is 12.8 Å². The Labute approximate surface area is 125 Å². The van der Waals surface area contributed by atoms with Gasteiger partial charge < -0.3 is 10.3 Å². The molecule has 0 radical (unpaired) electrons. The van der Waals surface area contributed by atoms with E-state index in [-0.39, 0.29) is 11.1 Å². The number of nitrogen functional groups attached to an aromatic ring is 1. The Bertz CT molecular complexity index is 644. The zero-order valence-electron chi connectivity index (χ0n) is 11.1. The van der Waals surface area contributed by atoms with Crippen molar-refractivity contribution in [3.63, 3.8) is 0 Å². The molecule has 0 bridgehead atoms. The molecule has 0 aliphatic heterocycles. The molecule has 0 atom stereocenters.